The lowest BCUT2D eigenvalue weighted by Gasteiger charge is -2.04. The molecule has 98 valence electrons. The van der Waals surface area contributed by atoms with Crippen molar-refractivity contribution in [3.8, 4) is 11.5 Å². The molecule has 3 nitrogen and oxygen atoms in total. The van der Waals surface area contributed by atoms with Crippen LogP contribution in [-0.2, 0) is 0 Å². The van der Waals surface area contributed by atoms with Crippen molar-refractivity contribution in [2.24, 2.45) is 0 Å². The third-order valence-electron chi connectivity index (χ3n) is 2.47. The predicted molar refractivity (Wildman–Crippen MR) is 71.2 cm³/mol. The highest BCUT2D eigenvalue weighted by Crippen LogP contribution is 2.25. The number of carbonyl (C=O) groups excluding carboxylic acids is 1. The SMILES string of the molecule is O=C(CSc1ccc(F)cc1)c1ccc(O)cc1O. The minimum absolute atomic E-state index is 0.0970. The third kappa shape index (κ3) is 3.48. The maximum absolute atomic E-state index is 12.7. The normalized spacial score (nSPS) is 10.4. The number of benzene rings is 2. The number of carbonyl (C=O) groups is 1. The van der Waals surface area contributed by atoms with Crippen LogP contribution >= 0.6 is 11.8 Å². The maximum Gasteiger partial charge on any atom is 0.176 e. The first-order valence-electron chi connectivity index (χ1n) is 5.50. The molecule has 0 saturated carbocycles. The fourth-order valence-electron chi connectivity index (χ4n) is 1.51. The Morgan fingerprint density at radius 2 is 1.79 bits per heavy atom. The number of Topliss-reactive ketones (excluding diaryl/α,β-unsaturated/α-hetero) is 1. The molecule has 19 heavy (non-hydrogen) atoms. The number of thioether (sulfide) groups is 1. The van der Waals surface area contributed by atoms with Gasteiger partial charge in [0.25, 0.3) is 0 Å². The molecule has 2 aromatic carbocycles. The van der Waals surface area contributed by atoms with Crippen molar-refractivity contribution in [1.29, 1.82) is 0 Å². The largest absolute Gasteiger partial charge is 0.508 e. The van der Waals surface area contributed by atoms with Gasteiger partial charge >= 0.3 is 0 Å². The van der Waals surface area contributed by atoms with Crippen LogP contribution in [0.1, 0.15) is 10.4 Å². The van der Waals surface area contributed by atoms with E-state index in [2.05, 4.69) is 0 Å². The highest BCUT2D eigenvalue weighted by molar-refractivity contribution is 8.00. The van der Waals surface area contributed by atoms with Gasteiger partial charge in [-0.2, -0.15) is 0 Å². The number of phenolic OH excluding ortho intramolecular Hbond substituents is 2. The minimum Gasteiger partial charge on any atom is -0.508 e. The number of phenols is 2. The van der Waals surface area contributed by atoms with Crippen LogP contribution in [0.4, 0.5) is 4.39 Å². The van der Waals surface area contributed by atoms with E-state index in [1.165, 1.54) is 36.0 Å². The van der Waals surface area contributed by atoms with Gasteiger partial charge in [-0.15, -0.1) is 11.8 Å². The molecule has 2 rings (SSSR count). The average molecular weight is 278 g/mol. The molecular weight excluding hydrogens is 267 g/mol. The number of hydrogen-bond acceptors (Lipinski definition) is 4. The Morgan fingerprint density at radius 3 is 2.42 bits per heavy atom. The number of ketones is 1. The zero-order valence-corrected chi connectivity index (χ0v) is 10.7. The fourth-order valence-corrected chi connectivity index (χ4v) is 2.30. The highest BCUT2D eigenvalue weighted by atomic mass is 32.2. The summed E-state index contributed by atoms with van der Waals surface area (Å²) in [6.07, 6.45) is 0. The Morgan fingerprint density at radius 1 is 1.11 bits per heavy atom. The Bertz CT molecular complexity index is 596. The maximum atomic E-state index is 12.7. The van der Waals surface area contributed by atoms with Crippen LogP contribution in [0.5, 0.6) is 11.5 Å². The summed E-state index contributed by atoms with van der Waals surface area (Å²) in [6, 6.07) is 9.66. The van der Waals surface area contributed by atoms with Crippen molar-refractivity contribution in [2.75, 3.05) is 5.75 Å². The molecular formula is C14H11FO3S. The minimum atomic E-state index is -0.327. The molecule has 5 heteroatoms. The first-order valence-corrected chi connectivity index (χ1v) is 6.48. The molecule has 0 fully saturated rings. The lowest BCUT2D eigenvalue weighted by molar-refractivity contribution is 0.102. The highest BCUT2D eigenvalue weighted by Gasteiger charge is 2.12. The Kier molecular flexibility index (Phi) is 4.06. The van der Waals surface area contributed by atoms with Gasteiger partial charge in [0.1, 0.15) is 17.3 Å². The number of aromatic hydroxyl groups is 2. The van der Waals surface area contributed by atoms with E-state index in [4.69, 9.17) is 5.11 Å². The molecule has 2 aromatic rings. The van der Waals surface area contributed by atoms with Crippen molar-refractivity contribution in [1.82, 2.24) is 0 Å². The molecule has 0 aromatic heterocycles. The van der Waals surface area contributed by atoms with Crippen molar-refractivity contribution < 1.29 is 19.4 Å². The van der Waals surface area contributed by atoms with Gasteiger partial charge in [-0.1, -0.05) is 0 Å². The summed E-state index contributed by atoms with van der Waals surface area (Å²) < 4.78 is 12.7. The van der Waals surface area contributed by atoms with E-state index in [1.54, 1.807) is 12.1 Å². The summed E-state index contributed by atoms with van der Waals surface area (Å²) in [5.74, 6) is -0.798. The van der Waals surface area contributed by atoms with Gasteiger partial charge in [0.15, 0.2) is 5.78 Å². The molecule has 0 spiro atoms. The van der Waals surface area contributed by atoms with Crippen LogP contribution in [-0.4, -0.2) is 21.7 Å². The zero-order chi connectivity index (χ0) is 13.8. The summed E-state index contributed by atoms with van der Waals surface area (Å²) in [4.78, 5) is 12.7. The van der Waals surface area contributed by atoms with E-state index in [0.29, 0.717) is 0 Å². The second-order valence-corrected chi connectivity index (χ2v) is 4.92. The van der Waals surface area contributed by atoms with E-state index in [1.807, 2.05) is 0 Å². The molecule has 0 saturated heterocycles. The molecule has 0 radical (unpaired) electrons. The fraction of sp³-hybridized carbons (Fsp3) is 0.0714. The van der Waals surface area contributed by atoms with Gasteiger partial charge in [-0.3, -0.25) is 4.79 Å². The second-order valence-electron chi connectivity index (χ2n) is 3.87. The molecule has 0 aliphatic carbocycles. The summed E-state index contributed by atoms with van der Waals surface area (Å²) in [7, 11) is 0. The number of halogens is 1. The molecule has 0 amide bonds. The van der Waals surface area contributed by atoms with Crippen LogP contribution in [0.2, 0.25) is 0 Å². The summed E-state index contributed by atoms with van der Waals surface area (Å²) >= 11 is 1.26. The lowest BCUT2D eigenvalue weighted by Crippen LogP contribution is -2.02. The summed E-state index contributed by atoms with van der Waals surface area (Å²) in [5.41, 5.74) is 0.160. The van der Waals surface area contributed by atoms with Gasteiger partial charge in [0.2, 0.25) is 0 Å². The van der Waals surface area contributed by atoms with Crippen LogP contribution in [0, 0.1) is 5.82 Å². The Balaban J connectivity index is 2.03. The van der Waals surface area contributed by atoms with Crippen molar-refractivity contribution in [2.45, 2.75) is 4.90 Å². The van der Waals surface area contributed by atoms with Gasteiger partial charge in [-0.25, -0.2) is 4.39 Å². The molecule has 0 atom stereocenters. The number of hydrogen-bond donors (Lipinski definition) is 2. The molecule has 0 aliphatic heterocycles. The smallest absolute Gasteiger partial charge is 0.176 e. The van der Waals surface area contributed by atoms with Gasteiger partial charge < -0.3 is 10.2 Å². The third-order valence-corrected chi connectivity index (χ3v) is 3.48. The predicted octanol–water partition coefficient (Wildman–Crippen LogP) is 3.21. The van der Waals surface area contributed by atoms with E-state index in [0.717, 1.165) is 11.0 Å². The first-order chi connectivity index (χ1) is 9.06. The quantitative estimate of drug-likeness (QED) is 0.666. The number of rotatable bonds is 4. The summed E-state index contributed by atoms with van der Waals surface area (Å²) in [6.45, 7) is 0. The van der Waals surface area contributed by atoms with Crippen LogP contribution in [0.3, 0.4) is 0 Å². The van der Waals surface area contributed by atoms with E-state index < -0.39 is 0 Å². The standard InChI is InChI=1S/C14H11FO3S/c15-9-1-4-11(5-2-9)19-8-14(18)12-6-3-10(16)7-13(12)17/h1-7,16-17H,8H2. The zero-order valence-electron chi connectivity index (χ0n) is 9.84. The van der Waals surface area contributed by atoms with Crippen molar-refractivity contribution in [3.63, 3.8) is 0 Å². The van der Waals surface area contributed by atoms with Crippen molar-refractivity contribution in [3.05, 3.63) is 53.8 Å². The average Bonchev–Trinajstić information content (AvgIpc) is 2.37. The Labute approximate surface area is 113 Å². The summed E-state index contributed by atoms with van der Waals surface area (Å²) in [5, 5.41) is 18.7. The molecule has 0 aliphatic rings. The molecule has 2 N–H and O–H groups in total. The lowest BCUT2D eigenvalue weighted by atomic mass is 10.1. The molecule has 0 bridgehead atoms. The molecule has 0 heterocycles. The van der Waals surface area contributed by atoms with Crippen molar-refractivity contribution >= 4 is 17.5 Å². The van der Waals surface area contributed by atoms with Crippen LogP contribution < -0.4 is 0 Å². The van der Waals surface area contributed by atoms with Crippen LogP contribution in [0.15, 0.2) is 47.4 Å². The first kappa shape index (κ1) is 13.4. The van der Waals surface area contributed by atoms with Gasteiger partial charge in [0, 0.05) is 11.0 Å². The molecule has 0 unspecified atom stereocenters. The van der Waals surface area contributed by atoms with E-state index in [-0.39, 0.29) is 34.4 Å². The van der Waals surface area contributed by atoms with Crippen LogP contribution in [0.25, 0.3) is 0 Å². The topological polar surface area (TPSA) is 57.5 Å². The Hall–Kier alpha value is -2.01. The second kappa shape index (κ2) is 5.75. The van der Waals surface area contributed by atoms with Gasteiger partial charge in [0.05, 0.1) is 11.3 Å². The van der Waals surface area contributed by atoms with E-state index in [9.17, 15) is 14.3 Å². The van der Waals surface area contributed by atoms with E-state index >= 15 is 0 Å². The van der Waals surface area contributed by atoms with Gasteiger partial charge in [-0.05, 0) is 36.4 Å². The monoisotopic (exact) mass is 278 g/mol.